The van der Waals surface area contributed by atoms with Crippen LogP contribution in [-0.2, 0) is 24.6 Å². The molecule has 0 saturated carbocycles. The van der Waals surface area contributed by atoms with Crippen LogP contribution in [0.1, 0.15) is 65.2 Å². The molecule has 0 aromatic carbocycles. The lowest BCUT2D eigenvalue weighted by molar-refractivity contribution is 0.272. The van der Waals surface area contributed by atoms with Crippen LogP contribution in [0.5, 0.6) is 0 Å². The summed E-state index contributed by atoms with van der Waals surface area (Å²) in [6, 6.07) is 0. The van der Waals surface area contributed by atoms with Gasteiger partial charge in [0.15, 0.2) is 0 Å². The molecule has 0 aliphatic rings. The molecule has 1 unspecified atom stereocenters. The van der Waals surface area contributed by atoms with Crippen molar-refractivity contribution in [2.24, 2.45) is 0 Å². The standard InChI is InChI=1S/C13H29NO6S2/c1-3-4-5-6-7-8-9-10-13(2)21(15,16)14-11-12-20-22(17,18)19/h13-14H,3-12H2,1-2H3,(H,17,18,19). The van der Waals surface area contributed by atoms with Gasteiger partial charge in [-0.15, -0.1) is 0 Å². The second kappa shape index (κ2) is 11.3. The van der Waals surface area contributed by atoms with Gasteiger partial charge in [-0.2, -0.15) is 8.42 Å². The Morgan fingerprint density at radius 3 is 2.09 bits per heavy atom. The minimum Gasteiger partial charge on any atom is -0.264 e. The minimum absolute atomic E-state index is 0.191. The zero-order chi connectivity index (χ0) is 17.1. The third-order valence-corrected chi connectivity index (χ3v) is 5.75. The van der Waals surface area contributed by atoms with Crippen molar-refractivity contribution in [3.63, 3.8) is 0 Å². The maximum atomic E-state index is 11.9. The van der Waals surface area contributed by atoms with Crippen LogP contribution < -0.4 is 4.72 Å². The summed E-state index contributed by atoms with van der Waals surface area (Å²) in [6.45, 7) is 3.18. The van der Waals surface area contributed by atoms with E-state index in [2.05, 4.69) is 15.8 Å². The third kappa shape index (κ3) is 12.3. The van der Waals surface area contributed by atoms with E-state index in [0.29, 0.717) is 6.42 Å². The highest BCUT2D eigenvalue weighted by atomic mass is 32.3. The van der Waals surface area contributed by atoms with E-state index < -0.39 is 32.3 Å². The smallest absolute Gasteiger partial charge is 0.264 e. The van der Waals surface area contributed by atoms with Crippen LogP contribution in [0.4, 0.5) is 0 Å². The molecule has 9 heteroatoms. The number of unbranched alkanes of at least 4 members (excludes halogenated alkanes) is 6. The fraction of sp³-hybridized carbons (Fsp3) is 1.00. The molecule has 0 bridgehead atoms. The molecule has 0 aromatic rings. The summed E-state index contributed by atoms with van der Waals surface area (Å²) < 4.78 is 59.1. The summed E-state index contributed by atoms with van der Waals surface area (Å²) in [6.07, 6.45) is 8.47. The number of sulfonamides is 1. The Labute approximate surface area is 134 Å². The van der Waals surface area contributed by atoms with Crippen molar-refractivity contribution in [2.45, 2.75) is 70.5 Å². The van der Waals surface area contributed by atoms with E-state index in [4.69, 9.17) is 4.55 Å². The van der Waals surface area contributed by atoms with E-state index in [1.807, 2.05) is 0 Å². The number of hydrogen-bond acceptors (Lipinski definition) is 5. The summed E-state index contributed by atoms with van der Waals surface area (Å²) in [5.74, 6) is 0. The number of nitrogens with one attached hydrogen (secondary N) is 1. The molecule has 2 N–H and O–H groups in total. The molecule has 0 fully saturated rings. The normalized spacial score (nSPS) is 14.1. The van der Waals surface area contributed by atoms with Crippen molar-refractivity contribution < 1.29 is 25.6 Å². The quantitative estimate of drug-likeness (QED) is 0.364. The van der Waals surface area contributed by atoms with Gasteiger partial charge in [0.1, 0.15) is 0 Å². The molecule has 0 rings (SSSR count). The first-order valence-electron chi connectivity index (χ1n) is 7.79. The summed E-state index contributed by atoms with van der Waals surface area (Å²) in [4.78, 5) is 0. The van der Waals surface area contributed by atoms with E-state index in [-0.39, 0.29) is 6.54 Å². The summed E-state index contributed by atoms with van der Waals surface area (Å²) >= 11 is 0. The van der Waals surface area contributed by atoms with E-state index in [0.717, 1.165) is 19.3 Å². The Morgan fingerprint density at radius 1 is 1.00 bits per heavy atom. The Kier molecular flexibility index (Phi) is 11.2. The summed E-state index contributed by atoms with van der Waals surface area (Å²) in [5.41, 5.74) is 0. The largest absolute Gasteiger partial charge is 0.397 e. The van der Waals surface area contributed by atoms with Gasteiger partial charge in [-0.05, 0) is 13.3 Å². The first-order chi connectivity index (χ1) is 10.2. The Bertz CT molecular complexity index is 475. The van der Waals surface area contributed by atoms with Crippen LogP contribution in [0.15, 0.2) is 0 Å². The molecule has 0 heterocycles. The molecular formula is C13H29NO6S2. The Balaban J connectivity index is 3.81. The van der Waals surface area contributed by atoms with Crippen molar-refractivity contribution in [2.75, 3.05) is 13.2 Å². The fourth-order valence-corrected chi connectivity index (χ4v) is 3.44. The SMILES string of the molecule is CCCCCCCCCC(C)S(=O)(=O)NCCOS(=O)(=O)O. The van der Waals surface area contributed by atoms with Gasteiger partial charge in [-0.25, -0.2) is 17.3 Å². The molecule has 1 atom stereocenters. The maximum Gasteiger partial charge on any atom is 0.397 e. The molecule has 134 valence electrons. The van der Waals surface area contributed by atoms with Crippen molar-refractivity contribution in [1.29, 1.82) is 0 Å². The molecule has 0 spiro atoms. The fourth-order valence-electron chi connectivity index (χ4n) is 2.02. The molecular weight excluding hydrogens is 330 g/mol. The van der Waals surface area contributed by atoms with Crippen LogP contribution in [0.2, 0.25) is 0 Å². The van der Waals surface area contributed by atoms with Crippen LogP contribution in [0.3, 0.4) is 0 Å². The van der Waals surface area contributed by atoms with Gasteiger partial charge in [0.2, 0.25) is 10.0 Å². The highest BCUT2D eigenvalue weighted by molar-refractivity contribution is 7.90. The van der Waals surface area contributed by atoms with Crippen LogP contribution >= 0.6 is 0 Å². The predicted octanol–water partition coefficient (Wildman–Crippen LogP) is 2.25. The van der Waals surface area contributed by atoms with Crippen LogP contribution in [0, 0.1) is 0 Å². The molecule has 0 aliphatic heterocycles. The van der Waals surface area contributed by atoms with Gasteiger partial charge in [0.05, 0.1) is 11.9 Å². The molecule has 7 nitrogen and oxygen atoms in total. The van der Waals surface area contributed by atoms with E-state index in [1.165, 1.54) is 25.7 Å². The summed E-state index contributed by atoms with van der Waals surface area (Å²) in [7, 11) is -8.01. The molecule has 0 saturated heterocycles. The second-order valence-electron chi connectivity index (χ2n) is 5.41. The zero-order valence-corrected chi connectivity index (χ0v) is 15.1. The third-order valence-electron chi connectivity index (χ3n) is 3.38. The van der Waals surface area contributed by atoms with E-state index in [1.54, 1.807) is 6.92 Å². The van der Waals surface area contributed by atoms with Gasteiger partial charge >= 0.3 is 10.4 Å². The zero-order valence-electron chi connectivity index (χ0n) is 13.5. The van der Waals surface area contributed by atoms with E-state index in [9.17, 15) is 16.8 Å². The van der Waals surface area contributed by atoms with Crippen molar-refractivity contribution >= 4 is 20.4 Å². The van der Waals surface area contributed by atoms with Gasteiger partial charge in [-0.1, -0.05) is 51.9 Å². The lowest BCUT2D eigenvalue weighted by Crippen LogP contribution is -2.35. The number of hydrogen-bond donors (Lipinski definition) is 2. The van der Waals surface area contributed by atoms with Gasteiger partial charge in [0.25, 0.3) is 0 Å². The first kappa shape index (κ1) is 21.8. The Morgan fingerprint density at radius 2 is 1.55 bits per heavy atom. The molecule has 0 aliphatic carbocycles. The van der Waals surface area contributed by atoms with Crippen molar-refractivity contribution in [3.05, 3.63) is 0 Å². The highest BCUT2D eigenvalue weighted by Crippen LogP contribution is 2.12. The highest BCUT2D eigenvalue weighted by Gasteiger charge is 2.19. The van der Waals surface area contributed by atoms with Crippen LogP contribution in [-0.4, -0.2) is 39.8 Å². The minimum atomic E-state index is -4.52. The average molecular weight is 360 g/mol. The molecule has 22 heavy (non-hydrogen) atoms. The van der Waals surface area contributed by atoms with Gasteiger partial charge < -0.3 is 0 Å². The Hall–Kier alpha value is -0.220. The predicted molar refractivity (Wildman–Crippen MR) is 86.5 cm³/mol. The molecule has 0 radical (unpaired) electrons. The number of rotatable bonds is 14. The lowest BCUT2D eigenvalue weighted by Gasteiger charge is -2.13. The maximum absolute atomic E-state index is 11.9. The molecule has 0 amide bonds. The topological polar surface area (TPSA) is 110 Å². The van der Waals surface area contributed by atoms with Gasteiger partial charge in [-0.3, -0.25) is 4.55 Å². The first-order valence-corrected chi connectivity index (χ1v) is 10.7. The summed E-state index contributed by atoms with van der Waals surface area (Å²) in [5, 5.41) is -0.533. The monoisotopic (exact) mass is 359 g/mol. The molecule has 0 aromatic heterocycles. The van der Waals surface area contributed by atoms with Crippen molar-refractivity contribution in [1.82, 2.24) is 4.72 Å². The van der Waals surface area contributed by atoms with Crippen LogP contribution in [0.25, 0.3) is 0 Å². The average Bonchev–Trinajstić information content (AvgIpc) is 2.41. The second-order valence-corrected chi connectivity index (χ2v) is 8.68. The van der Waals surface area contributed by atoms with Gasteiger partial charge in [0, 0.05) is 6.54 Å². The van der Waals surface area contributed by atoms with E-state index >= 15 is 0 Å². The van der Waals surface area contributed by atoms with Crippen molar-refractivity contribution in [3.8, 4) is 0 Å². The lowest BCUT2D eigenvalue weighted by atomic mass is 10.1.